The lowest BCUT2D eigenvalue weighted by atomic mass is 10.0. The van der Waals surface area contributed by atoms with Gasteiger partial charge in [-0.3, -0.25) is 0 Å². The number of methoxy groups -OCH3 is 2. The van der Waals surface area contributed by atoms with Gasteiger partial charge in [0.2, 0.25) is 0 Å². The van der Waals surface area contributed by atoms with Crippen LogP contribution in [0, 0.1) is 10.1 Å². The highest BCUT2D eigenvalue weighted by Gasteiger charge is 2.26. The number of halogens is 2. The second-order valence-corrected chi connectivity index (χ2v) is 7.31. The van der Waals surface area contributed by atoms with Gasteiger partial charge in [-0.15, -0.1) is 0 Å². The average molecular weight is 443 g/mol. The van der Waals surface area contributed by atoms with Crippen molar-refractivity contribution < 1.29 is 13.9 Å². The van der Waals surface area contributed by atoms with Crippen LogP contribution in [0.15, 0.2) is 60.7 Å². The van der Waals surface area contributed by atoms with E-state index >= 15 is 0 Å². The molecule has 30 heavy (non-hydrogen) atoms. The smallest absolute Gasteiger partial charge is 0.294 e. The van der Waals surface area contributed by atoms with E-state index in [1.54, 1.807) is 62.8 Å². The number of aromatic nitrogens is 2. The minimum atomic E-state index is 0.113. The molecule has 152 valence electrons. The van der Waals surface area contributed by atoms with Gasteiger partial charge in [-0.2, -0.15) is 0 Å². The molecular formula is C22H16Cl2N2O4. The Kier molecular flexibility index (Phi) is 5.28. The van der Waals surface area contributed by atoms with Gasteiger partial charge in [-0.25, -0.2) is 0 Å². The molecule has 0 aliphatic heterocycles. The van der Waals surface area contributed by atoms with Crippen LogP contribution in [-0.2, 0) is 0 Å². The van der Waals surface area contributed by atoms with Crippen molar-refractivity contribution in [1.29, 1.82) is 0 Å². The maximum absolute atomic E-state index is 13.4. The number of hydrogen-bond acceptors (Lipinski definition) is 4. The average Bonchev–Trinajstić information content (AvgIpc) is 2.77. The Morgan fingerprint density at radius 2 is 1.33 bits per heavy atom. The van der Waals surface area contributed by atoms with Crippen LogP contribution in [0.2, 0.25) is 10.0 Å². The molecule has 1 heterocycles. The van der Waals surface area contributed by atoms with Crippen LogP contribution in [0.1, 0.15) is 0 Å². The van der Waals surface area contributed by atoms with Crippen molar-refractivity contribution in [3.63, 3.8) is 0 Å². The molecule has 0 amide bonds. The van der Waals surface area contributed by atoms with Gasteiger partial charge in [-0.05, 0) is 54.6 Å². The Labute approximate surface area is 182 Å². The van der Waals surface area contributed by atoms with Crippen molar-refractivity contribution in [1.82, 2.24) is 4.73 Å². The van der Waals surface area contributed by atoms with Crippen LogP contribution in [0.5, 0.6) is 11.5 Å². The van der Waals surface area contributed by atoms with Crippen molar-refractivity contribution in [2.75, 3.05) is 14.2 Å². The van der Waals surface area contributed by atoms with Crippen molar-refractivity contribution in [2.45, 2.75) is 0 Å². The SMILES string of the molecule is COc1ccc(-c2c(-c3ccc(OC)cc3)[n+](=O)c3cc(Cl)c(Cl)cc3n2[O-])cc1. The molecule has 0 fully saturated rings. The first-order valence-corrected chi connectivity index (χ1v) is 9.67. The van der Waals surface area contributed by atoms with E-state index in [0.717, 1.165) is 0 Å². The second kappa shape index (κ2) is 7.89. The maximum atomic E-state index is 13.4. The van der Waals surface area contributed by atoms with Gasteiger partial charge in [-0.1, -0.05) is 23.2 Å². The Bertz CT molecular complexity index is 1300. The van der Waals surface area contributed by atoms with E-state index in [1.165, 1.54) is 12.1 Å². The summed E-state index contributed by atoms with van der Waals surface area (Å²) in [7, 11) is 3.11. The molecule has 0 spiro atoms. The number of rotatable bonds is 4. The minimum absolute atomic E-state index is 0.113. The summed E-state index contributed by atoms with van der Waals surface area (Å²) in [5, 5.41) is 13.8. The predicted molar refractivity (Wildman–Crippen MR) is 118 cm³/mol. The first-order valence-electron chi connectivity index (χ1n) is 8.91. The quantitative estimate of drug-likeness (QED) is 0.388. The lowest BCUT2D eigenvalue weighted by Crippen LogP contribution is -2.23. The van der Waals surface area contributed by atoms with E-state index in [4.69, 9.17) is 32.7 Å². The van der Waals surface area contributed by atoms with E-state index in [1.807, 2.05) is 0 Å². The van der Waals surface area contributed by atoms with Crippen LogP contribution in [0.3, 0.4) is 0 Å². The van der Waals surface area contributed by atoms with E-state index in [0.29, 0.717) is 31.8 Å². The number of hydrogen-bond donors (Lipinski definition) is 0. The fourth-order valence-corrected chi connectivity index (χ4v) is 3.61. The molecule has 0 N–H and O–H groups in total. The number of nitrogens with zero attached hydrogens (tertiary/aromatic N) is 2. The summed E-state index contributed by atoms with van der Waals surface area (Å²) in [5.74, 6) is 1.26. The monoisotopic (exact) mass is 442 g/mol. The summed E-state index contributed by atoms with van der Waals surface area (Å²) < 4.78 is 11.8. The molecule has 3 aromatic carbocycles. The molecule has 0 radical (unpaired) electrons. The van der Waals surface area contributed by atoms with Crippen molar-refractivity contribution in [2.24, 2.45) is 0 Å². The van der Waals surface area contributed by atoms with E-state index < -0.39 is 0 Å². The highest BCUT2D eigenvalue weighted by atomic mass is 35.5. The molecule has 0 saturated carbocycles. The third kappa shape index (κ3) is 3.34. The third-order valence-electron chi connectivity index (χ3n) is 4.81. The number of ether oxygens (including phenoxy) is 2. The molecule has 0 saturated heterocycles. The van der Waals surface area contributed by atoms with E-state index in [-0.39, 0.29) is 32.5 Å². The number of fused-ring (bicyclic) bond motifs is 1. The fourth-order valence-electron chi connectivity index (χ4n) is 3.29. The topological polar surface area (TPSA) is 69.4 Å². The van der Waals surface area contributed by atoms with Gasteiger partial charge in [0.05, 0.1) is 34.3 Å². The van der Waals surface area contributed by atoms with Crippen molar-refractivity contribution in [3.8, 4) is 34.0 Å². The zero-order chi connectivity index (χ0) is 21.4. The molecule has 6 nitrogen and oxygen atoms in total. The highest BCUT2D eigenvalue weighted by molar-refractivity contribution is 6.42. The molecular weight excluding hydrogens is 427 g/mol. The molecule has 0 bridgehead atoms. The molecule has 4 aromatic rings. The van der Waals surface area contributed by atoms with Crippen molar-refractivity contribution >= 4 is 34.2 Å². The van der Waals surface area contributed by atoms with E-state index in [9.17, 15) is 10.1 Å². The first-order chi connectivity index (χ1) is 14.4. The van der Waals surface area contributed by atoms with Crippen LogP contribution in [0.25, 0.3) is 33.5 Å². The zero-order valence-corrected chi connectivity index (χ0v) is 17.6. The van der Waals surface area contributed by atoms with Crippen LogP contribution < -0.4 is 13.9 Å². The molecule has 0 aliphatic carbocycles. The Morgan fingerprint density at radius 3 is 1.87 bits per heavy atom. The summed E-state index contributed by atoms with van der Waals surface area (Å²) in [6, 6.07) is 16.6. The summed E-state index contributed by atoms with van der Waals surface area (Å²) in [5.41, 5.74) is 1.70. The van der Waals surface area contributed by atoms with Gasteiger partial charge in [0.1, 0.15) is 22.7 Å². The van der Waals surface area contributed by atoms with Gasteiger partial charge in [0.25, 0.3) is 11.2 Å². The Hall–Kier alpha value is -3.22. The Morgan fingerprint density at radius 1 is 0.833 bits per heavy atom. The van der Waals surface area contributed by atoms with Gasteiger partial charge >= 0.3 is 0 Å². The normalized spacial score (nSPS) is 10.9. The summed E-state index contributed by atoms with van der Waals surface area (Å²) in [4.78, 5) is 13.4. The van der Waals surface area contributed by atoms with Gasteiger partial charge < -0.3 is 19.4 Å². The highest BCUT2D eigenvalue weighted by Crippen LogP contribution is 2.35. The lowest BCUT2D eigenvalue weighted by Gasteiger charge is -2.20. The predicted octanol–water partition coefficient (Wildman–Crippen LogP) is 5.56. The first kappa shape index (κ1) is 20.1. The molecule has 0 atom stereocenters. The largest absolute Gasteiger partial charge is 0.805 e. The summed E-state index contributed by atoms with van der Waals surface area (Å²) >= 11 is 12.2. The molecule has 0 aliphatic rings. The Balaban J connectivity index is 2.11. The molecule has 0 unspecified atom stereocenters. The van der Waals surface area contributed by atoms with Crippen molar-refractivity contribution in [3.05, 3.63) is 80.8 Å². The third-order valence-corrected chi connectivity index (χ3v) is 5.53. The summed E-state index contributed by atoms with van der Waals surface area (Å²) in [6.45, 7) is 0. The molecule has 4 rings (SSSR count). The molecule has 1 aromatic heterocycles. The maximum Gasteiger partial charge on any atom is 0.294 e. The summed E-state index contributed by atoms with van der Waals surface area (Å²) in [6.07, 6.45) is 0. The zero-order valence-electron chi connectivity index (χ0n) is 16.1. The lowest BCUT2D eigenvalue weighted by molar-refractivity contribution is -0.451. The van der Waals surface area contributed by atoms with Crippen LogP contribution in [0.4, 0.5) is 0 Å². The van der Waals surface area contributed by atoms with E-state index in [2.05, 4.69) is 0 Å². The van der Waals surface area contributed by atoms with Crippen LogP contribution >= 0.6 is 23.2 Å². The number of benzene rings is 3. The minimum Gasteiger partial charge on any atom is -0.805 e. The second-order valence-electron chi connectivity index (χ2n) is 6.50. The van der Waals surface area contributed by atoms with Crippen LogP contribution in [-0.4, -0.2) is 19.0 Å². The standard InChI is InChI=1S/C22H16Cl2N2O4/c1-29-15-7-3-13(4-8-15)21-22(14-5-9-16(30-2)10-6-14)26(28)20-12-18(24)17(23)11-19(20)25(21)27/h3-12H,1-2H3. The fraction of sp³-hybridized carbons (Fsp3) is 0.0909. The van der Waals surface area contributed by atoms with Gasteiger partial charge in [0, 0.05) is 16.5 Å². The van der Waals surface area contributed by atoms with Gasteiger partial charge in [0.15, 0.2) is 0 Å². The molecule has 8 heteroatoms.